The van der Waals surface area contributed by atoms with E-state index in [1.54, 1.807) is 12.1 Å². The summed E-state index contributed by atoms with van der Waals surface area (Å²) in [5.41, 5.74) is 2.71. The number of anilines is 1. The summed E-state index contributed by atoms with van der Waals surface area (Å²) in [5, 5.41) is 6.47. The van der Waals surface area contributed by atoms with E-state index in [-0.39, 0.29) is 17.8 Å². The van der Waals surface area contributed by atoms with Crippen LogP contribution in [0, 0.1) is 5.82 Å². The quantitative estimate of drug-likeness (QED) is 0.616. The first-order valence-electron chi connectivity index (χ1n) is 9.30. The van der Waals surface area contributed by atoms with Gasteiger partial charge in [-0.3, -0.25) is 10.1 Å². The molecular weight excluding hydrogens is 371 g/mol. The Labute approximate surface area is 168 Å². The summed E-state index contributed by atoms with van der Waals surface area (Å²) < 4.78 is 13.2. The van der Waals surface area contributed by atoms with E-state index in [1.807, 2.05) is 54.2 Å². The van der Waals surface area contributed by atoms with Crippen LogP contribution < -0.4 is 10.6 Å². The first-order chi connectivity index (χ1) is 13.7. The number of hydrogen-bond acceptors (Lipinski definition) is 3. The summed E-state index contributed by atoms with van der Waals surface area (Å²) in [6.07, 6.45) is 0.953. The van der Waals surface area contributed by atoms with Crippen molar-refractivity contribution >= 4 is 23.4 Å². The lowest BCUT2D eigenvalue weighted by atomic mass is 9.99. The van der Waals surface area contributed by atoms with Gasteiger partial charge in [-0.15, -0.1) is 11.8 Å². The van der Waals surface area contributed by atoms with E-state index in [9.17, 15) is 9.18 Å². The largest absolute Gasteiger partial charge is 0.324 e. The Kier molecular flexibility index (Phi) is 5.74. The zero-order chi connectivity index (χ0) is 19.3. The first kappa shape index (κ1) is 18.7. The summed E-state index contributed by atoms with van der Waals surface area (Å²) in [6.45, 7) is 0. The Bertz CT molecular complexity index is 946. The molecule has 0 spiro atoms. The molecular formula is C23H21FN2OS. The van der Waals surface area contributed by atoms with Gasteiger partial charge in [0.1, 0.15) is 11.9 Å². The van der Waals surface area contributed by atoms with E-state index in [0.29, 0.717) is 5.69 Å². The minimum absolute atomic E-state index is 0.0987. The van der Waals surface area contributed by atoms with Crippen LogP contribution in [0.4, 0.5) is 10.1 Å². The number of amides is 1. The zero-order valence-corrected chi connectivity index (χ0v) is 16.1. The van der Waals surface area contributed by atoms with Crippen molar-refractivity contribution < 1.29 is 9.18 Å². The van der Waals surface area contributed by atoms with Gasteiger partial charge in [0.15, 0.2) is 0 Å². The Balaban J connectivity index is 1.60. The van der Waals surface area contributed by atoms with Crippen molar-refractivity contribution in [2.75, 3.05) is 11.1 Å². The summed E-state index contributed by atoms with van der Waals surface area (Å²) in [4.78, 5) is 14.4. The van der Waals surface area contributed by atoms with Crippen molar-refractivity contribution in [2.45, 2.75) is 23.4 Å². The van der Waals surface area contributed by atoms with Gasteiger partial charge in [0.25, 0.3) is 0 Å². The Morgan fingerprint density at radius 2 is 1.68 bits per heavy atom. The molecule has 0 saturated heterocycles. The number of carbonyl (C=O) groups excluding carboxylic acids is 1. The van der Waals surface area contributed by atoms with Crippen LogP contribution in [-0.4, -0.2) is 11.7 Å². The number of halogens is 1. The van der Waals surface area contributed by atoms with Crippen LogP contribution >= 0.6 is 11.8 Å². The first-order valence-corrected chi connectivity index (χ1v) is 10.3. The molecule has 3 nitrogen and oxygen atoms in total. The smallest absolute Gasteiger partial charge is 0.246 e. The van der Waals surface area contributed by atoms with Gasteiger partial charge in [-0.25, -0.2) is 4.39 Å². The van der Waals surface area contributed by atoms with Crippen LogP contribution in [0.3, 0.4) is 0 Å². The van der Waals surface area contributed by atoms with Crippen LogP contribution in [0.2, 0.25) is 0 Å². The minimum Gasteiger partial charge on any atom is -0.324 e. The molecule has 2 atom stereocenters. The summed E-state index contributed by atoms with van der Waals surface area (Å²) in [7, 11) is 0. The van der Waals surface area contributed by atoms with Crippen molar-refractivity contribution in [2.24, 2.45) is 0 Å². The maximum absolute atomic E-state index is 13.2. The molecule has 1 aliphatic heterocycles. The topological polar surface area (TPSA) is 41.1 Å². The zero-order valence-electron chi connectivity index (χ0n) is 15.3. The lowest BCUT2D eigenvalue weighted by molar-refractivity contribution is -0.118. The second-order valence-electron chi connectivity index (χ2n) is 6.73. The van der Waals surface area contributed by atoms with Gasteiger partial charge in [0.05, 0.1) is 0 Å². The molecule has 0 bridgehead atoms. The van der Waals surface area contributed by atoms with Gasteiger partial charge >= 0.3 is 0 Å². The number of hydrogen-bond donors (Lipinski definition) is 2. The molecule has 2 N–H and O–H groups in total. The number of thioether (sulfide) groups is 1. The average molecular weight is 392 g/mol. The van der Waals surface area contributed by atoms with Crippen LogP contribution in [0.1, 0.15) is 29.6 Å². The highest BCUT2D eigenvalue weighted by Gasteiger charge is 2.27. The maximum atomic E-state index is 13.2. The van der Waals surface area contributed by atoms with E-state index in [2.05, 4.69) is 22.8 Å². The van der Waals surface area contributed by atoms with Gasteiger partial charge in [-0.1, -0.05) is 48.5 Å². The SMILES string of the molecule is O=C(Nc1ccc(F)cc1)[C@@H](N[C@H]1CCSc2ccccc21)c1ccccc1. The van der Waals surface area contributed by atoms with E-state index >= 15 is 0 Å². The normalized spacial score (nSPS) is 16.8. The standard InChI is InChI=1S/C23H21FN2OS/c24-17-10-12-18(13-11-17)25-23(27)22(16-6-2-1-3-7-16)26-20-14-15-28-21-9-5-4-8-19(20)21/h1-13,20,22,26H,14-15H2,(H,25,27)/t20-,22-/m0/s1. The highest BCUT2D eigenvalue weighted by molar-refractivity contribution is 7.99. The molecule has 4 rings (SSSR count). The number of fused-ring (bicyclic) bond motifs is 1. The van der Waals surface area contributed by atoms with Crippen molar-refractivity contribution in [3.8, 4) is 0 Å². The minimum atomic E-state index is -0.507. The number of benzene rings is 3. The molecule has 0 unspecified atom stereocenters. The molecule has 3 aromatic rings. The highest BCUT2D eigenvalue weighted by Crippen LogP contribution is 2.37. The lowest BCUT2D eigenvalue weighted by Crippen LogP contribution is -2.36. The van der Waals surface area contributed by atoms with Crippen molar-refractivity contribution in [1.82, 2.24) is 5.32 Å². The van der Waals surface area contributed by atoms with Crippen LogP contribution in [-0.2, 0) is 4.79 Å². The van der Waals surface area contributed by atoms with Gasteiger partial charge in [-0.2, -0.15) is 0 Å². The predicted octanol–water partition coefficient (Wildman–Crippen LogP) is 5.33. The van der Waals surface area contributed by atoms with E-state index in [0.717, 1.165) is 17.7 Å². The maximum Gasteiger partial charge on any atom is 0.246 e. The molecule has 1 aliphatic rings. The van der Waals surface area contributed by atoms with Crippen LogP contribution in [0.15, 0.2) is 83.8 Å². The highest BCUT2D eigenvalue weighted by atomic mass is 32.2. The monoisotopic (exact) mass is 392 g/mol. The van der Waals surface area contributed by atoms with Gasteiger partial charge in [-0.05, 0) is 53.6 Å². The van der Waals surface area contributed by atoms with Crippen LogP contribution in [0.5, 0.6) is 0 Å². The average Bonchev–Trinajstić information content (AvgIpc) is 2.74. The number of nitrogens with one attached hydrogen (secondary N) is 2. The molecule has 0 saturated carbocycles. The third kappa shape index (κ3) is 4.26. The van der Waals surface area contributed by atoms with Crippen LogP contribution in [0.25, 0.3) is 0 Å². The number of carbonyl (C=O) groups is 1. The molecule has 1 amide bonds. The Hall–Kier alpha value is -2.63. The molecule has 28 heavy (non-hydrogen) atoms. The van der Waals surface area contributed by atoms with Gasteiger partial charge in [0, 0.05) is 16.6 Å². The third-order valence-electron chi connectivity index (χ3n) is 4.83. The van der Waals surface area contributed by atoms with Crippen molar-refractivity contribution in [3.63, 3.8) is 0 Å². The summed E-state index contributed by atoms with van der Waals surface area (Å²) >= 11 is 1.85. The third-order valence-corrected chi connectivity index (χ3v) is 5.96. The fraction of sp³-hybridized carbons (Fsp3) is 0.174. The fourth-order valence-electron chi connectivity index (χ4n) is 3.43. The van der Waals surface area contributed by atoms with E-state index in [4.69, 9.17) is 0 Å². The predicted molar refractivity (Wildman–Crippen MR) is 112 cm³/mol. The van der Waals surface area contributed by atoms with Crippen molar-refractivity contribution in [3.05, 3.63) is 95.8 Å². The molecule has 5 heteroatoms. The van der Waals surface area contributed by atoms with Gasteiger partial charge < -0.3 is 5.32 Å². The molecule has 142 valence electrons. The fourth-order valence-corrected chi connectivity index (χ4v) is 4.56. The molecule has 0 aliphatic carbocycles. The van der Waals surface area contributed by atoms with Gasteiger partial charge in [0.2, 0.25) is 5.91 Å². The summed E-state index contributed by atoms with van der Waals surface area (Å²) in [5.74, 6) is 0.524. The lowest BCUT2D eigenvalue weighted by Gasteiger charge is -2.30. The van der Waals surface area contributed by atoms with E-state index < -0.39 is 6.04 Å². The van der Waals surface area contributed by atoms with E-state index in [1.165, 1.54) is 22.6 Å². The second kappa shape index (κ2) is 8.59. The summed E-state index contributed by atoms with van der Waals surface area (Å²) in [6, 6.07) is 23.5. The molecule has 0 radical (unpaired) electrons. The molecule has 1 heterocycles. The molecule has 0 aromatic heterocycles. The molecule has 3 aromatic carbocycles. The Morgan fingerprint density at radius 3 is 2.46 bits per heavy atom. The Morgan fingerprint density at radius 1 is 0.964 bits per heavy atom. The number of rotatable bonds is 5. The second-order valence-corrected chi connectivity index (χ2v) is 7.87. The molecule has 0 fully saturated rings. The van der Waals surface area contributed by atoms with Crippen molar-refractivity contribution in [1.29, 1.82) is 0 Å².